The summed E-state index contributed by atoms with van der Waals surface area (Å²) >= 11 is 0. The average molecular weight is 433 g/mol. The largest absolute Gasteiger partial charge is 0.492 e. The molecule has 7 nitrogen and oxygen atoms in total. The van der Waals surface area contributed by atoms with E-state index in [1.807, 2.05) is 19.9 Å². The summed E-state index contributed by atoms with van der Waals surface area (Å²) in [6.45, 7) is 5.60. The highest BCUT2D eigenvalue weighted by Gasteiger charge is 2.25. The molecule has 1 aromatic heterocycles. The fourth-order valence-corrected chi connectivity index (χ4v) is 4.75. The van der Waals surface area contributed by atoms with Gasteiger partial charge in [0.1, 0.15) is 16.4 Å². The predicted octanol–water partition coefficient (Wildman–Crippen LogP) is 3.22. The Bertz CT molecular complexity index is 975. The third-order valence-corrected chi connectivity index (χ3v) is 6.55. The van der Waals surface area contributed by atoms with Crippen molar-refractivity contribution in [2.45, 2.75) is 31.6 Å². The molecule has 0 bridgehead atoms. The third kappa shape index (κ3) is 5.73. The lowest BCUT2D eigenvalue weighted by Gasteiger charge is -2.31. The summed E-state index contributed by atoms with van der Waals surface area (Å²) in [4.78, 5) is 14.2. The normalized spacial score (nSPS) is 15.6. The van der Waals surface area contributed by atoms with Crippen LogP contribution in [0.5, 0.6) is 5.75 Å². The minimum Gasteiger partial charge on any atom is -0.492 e. The molecule has 0 saturated carbocycles. The minimum absolute atomic E-state index is 0.0634. The Morgan fingerprint density at radius 1 is 1.30 bits per heavy atom. The van der Waals surface area contributed by atoms with Crippen molar-refractivity contribution in [3.63, 3.8) is 0 Å². The lowest BCUT2D eigenvalue weighted by atomic mass is 9.97. The van der Waals surface area contributed by atoms with Crippen LogP contribution in [0, 0.1) is 12.8 Å². The summed E-state index contributed by atoms with van der Waals surface area (Å²) < 4.78 is 39.0. The molecule has 2 aromatic rings. The van der Waals surface area contributed by atoms with Crippen molar-refractivity contribution in [3.05, 3.63) is 54.0 Å². The summed E-state index contributed by atoms with van der Waals surface area (Å²) in [6, 6.07) is 8.70. The number of aryl methyl sites for hydroxylation is 1. The molecule has 3 rings (SSSR count). The summed E-state index contributed by atoms with van der Waals surface area (Å²) in [7, 11) is -3.68. The monoisotopic (exact) mass is 432 g/mol. The SMILES string of the molecule is CCOc1ccc(C)cc1S(=O)(=O)NCC1CCN(C(=O)/C=C/c2ccco2)CC1. The molecule has 0 unspecified atom stereocenters. The van der Waals surface area contributed by atoms with E-state index >= 15 is 0 Å². The van der Waals surface area contributed by atoms with Crippen LogP contribution >= 0.6 is 0 Å². The summed E-state index contributed by atoms with van der Waals surface area (Å²) in [5, 5.41) is 0. The van der Waals surface area contributed by atoms with E-state index in [0.29, 0.717) is 37.8 Å². The first-order valence-electron chi connectivity index (χ1n) is 10.1. The first-order valence-corrected chi connectivity index (χ1v) is 11.6. The Hall–Kier alpha value is -2.58. The van der Waals surface area contributed by atoms with E-state index in [2.05, 4.69) is 4.72 Å². The Kier molecular flexibility index (Phi) is 7.33. The number of amides is 1. The van der Waals surface area contributed by atoms with Gasteiger partial charge in [0.05, 0.1) is 12.9 Å². The van der Waals surface area contributed by atoms with Crippen molar-refractivity contribution in [1.29, 1.82) is 0 Å². The van der Waals surface area contributed by atoms with Gasteiger partial charge >= 0.3 is 0 Å². The highest BCUT2D eigenvalue weighted by atomic mass is 32.2. The zero-order chi connectivity index (χ0) is 21.6. The van der Waals surface area contributed by atoms with Crippen LogP contribution < -0.4 is 9.46 Å². The molecule has 0 atom stereocenters. The number of furan rings is 1. The first-order chi connectivity index (χ1) is 14.4. The van der Waals surface area contributed by atoms with Crippen LogP contribution in [-0.4, -0.2) is 45.5 Å². The maximum absolute atomic E-state index is 12.8. The molecule has 0 spiro atoms. The smallest absolute Gasteiger partial charge is 0.246 e. The highest BCUT2D eigenvalue weighted by Crippen LogP contribution is 2.26. The Morgan fingerprint density at radius 3 is 2.73 bits per heavy atom. The van der Waals surface area contributed by atoms with Gasteiger partial charge in [-0.2, -0.15) is 0 Å². The minimum atomic E-state index is -3.68. The molecule has 1 aliphatic heterocycles. The molecule has 1 fully saturated rings. The van der Waals surface area contributed by atoms with Crippen molar-refractivity contribution >= 4 is 22.0 Å². The summed E-state index contributed by atoms with van der Waals surface area (Å²) in [5.74, 6) is 1.11. The van der Waals surface area contributed by atoms with Gasteiger partial charge in [0.15, 0.2) is 0 Å². The molecule has 0 aliphatic carbocycles. The lowest BCUT2D eigenvalue weighted by Crippen LogP contribution is -2.41. The highest BCUT2D eigenvalue weighted by molar-refractivity contribution is 7.89. The third-order valence-electron chi connectivity index (χ3n) is 5.11. The number of benzene rings is 1. The van der Waals surface area contributed by atoms with Gasteiger partial charge in [-0.3, -0.25) is 4.79 Å². The van der Waals surface area contributed by atoms with Gasteiger partial charge < -0.3 is 14.1 Å². The van der Waals surface area contributed by atoms with Crippen molar-refractivity contribution in [3.8, 4) is 5.75 Å². The Labute approximate surface area is 177 Å². The number of carbonyl (C=O) groups excluding carboxylic acids is 1. The fraction of sp³-hybridized carbons (Fsp3) is 0.409. The van der Waals surface area contributed by atoms with Crippen molar-refractivity contribution < 1.29 is 22.4 Å². The Morgan fingerprint density at radius 2 is 2.07 bits per heavy atom. The number of hydrogen-bond acceptors (Lipinski definition) is 5. The molecule has 2 heterocycles. The standard InChI is InChI=1S/C22H28N2O5S/c1-3-28-20-8-6-17(2)15-21(20)30(26,27)23-16-18-10-12-24(13-11-18)22(25)9-7-19-5-4-14-29-19/h4-9,14-15,18,23H,3,10-13,16H2,1-2H3/b9-7+. The predicted molar refractivity (Wildman–Crippen MR) is 115 cm³/mol. The maximum Gasteiger partial charge on any atom is 0.246 e. The zero-order valence-electron chi connectivity index (χ0n) is 17.3. The molecule has 162 valence electrons. The molecule has 8 heteroatoms. The van der Waals surface area contributed by atoms with Gasteiger partial charge in [-0.25, -0.2) is 13.1 Å². The molecule has 1 amide bonds. The molecule has 1 N–H and O–H groups in total. The van der Waals surface area contributed by atoms with E-state index in [0.717, 1.165) is 18.4 Å². The van der Waals surface area contributed by atoms with Crippen LogP contribution in [0.25, 0.3) is 6.08 Å². The van der Waals surface area contributed by atoms with Crippen molar-refractivity contribution in [1.82, 2.24) is 9.62 Å². The van der Waals surface area contributed by atoms with Crippen LogP contribution in [0.15, 0.2) is 52.0 Å². The number of nitrogens with one attached hydrogen (secondary N) is 1. The van der Waals surface area contributed by atoms with Crippen molar-refractivity contribution in [2.24, 2.45) is 5.92 Å². The number of hydrogen-bond donors (Lipinski definition) is 1. The quantitative estimate of drug-likeness (QED) is 0.647. The van der Waals surface area contributed by atoms with E-state index in [1.54, 1.807) is 41.5 Å². The zero-order valence-corrected chi connectivity index (χ0v) is 18.2. The van der Waals surface area contributed by atoms with Crippen LogP contribution in [0.1, 0.15) is 31.1 Å². The van der Waals surface area contributed by atoms with Gasteiger partial charge in [0, 0.05) is 25.7 Å². The number of piperidine rings is 1. The number of rotatable bonds is 8. The maximum atomic E-state index is 12.8. The van der Waals surface area contributed by atoms with E-state index in [1.165, 1.54) is 6.08 Å². The molecule has 30 heavy (non-hydrogen) atoms. The van der Waals surface area contributed by atoms with Gasteiger partial charge in [-0.1, -0.05) is 6.07 Å². The van der Waals surface area contributed by atoms with Gasteiger partial charge in [0.2, 0.25) is 15.9 Å². The van der Waals surface area contributed by atoms with Crippen LogP contribution in [0.4, 0.5) is 0 Å². The van der Waals surface area contributed by atoms with E-state index in [-0.39, 0.29) is 16.7 Å². The molecule has 1 aliphatic rings. The number of carbonyl (C=O) groups is 1. The van der Waals surface area contributed by atoms with Gasteiger partial charge in [0.25, 0.3) is 0 Å². The van der Waals surface area contributed by atoms with Gasteiger partial charge in [-0.15, -0.1) is 0 Å². The number of likely N-dealkylation sites (tertiary alicyclic amines) is 1. The topological polar surface area (TPSA) is 88.9 Å². The first kappa shape index (κ1) is 22.1. The molecular weight excluding hydrogens is 404 g/mol. The summed E-state index contributed by atoms with van der Waals surface area (Å²) in [6.07, 6.45) is 6.21. The number of sulfonamides is 1. The second kappa shape index (κ2) is 9.95. The lowest BCUT2D eigenvalue weighted by molar-refractivity contribution is -0.127. The van der Waals surface area contributed by atoms with E-state index in [9.17, 15) is 13.2 Å². The van der Waals surface area contributed by atoms with E-state index in [4.69, 9.17) is 9.15 Å². The molecular formula is C22H28N2O5S. The molecule has 1 aromatic carbocycles. The van der Waals surface area contributed by atoms with Crippen LogP contribution in [-0.2, 0) is 14.8 Å². The van der Waals surface area contributed by atoms with Crippen molar-refractivity contribution in [2.75, 3.05) is 26.2 Å². The second-order valence-electron chi connectivity index (χ2n) is 7.35. The molecule has 1 saturated heterocycles. The average Bonchev–Trinajstić information content (AvgIpc) is 3.26. The fourth-order valence-electron chi connectivity index (χ4n) is 3.41. The second-order valence-corrected chi connectivity index (χ2v) is 9.09. The Balaban J connectivity index is 1.53. The van der Waals surface area contributed by atoms with Crippen LogP contribution in [0.2, 0.25) is 0 Å². The number of ether oxygens (including phenoxy) is 1. The summed E-state index contributed by atoms with van der Waals surface area (Å²) in [5.41, 5.74) is 0.855. The molecule has 0 radical (unpaired) electrons. The van der Waals surface area contributed by atoms with Crippen LogP contribution in [0.3, 0.4) is 0 Å². The van der Waals surface area contributed by atoms with Gasteiger partial charge in [-0.05, 0) is 68.5 Å². The van der Waals surface area contributed by atoms with E-state index < -0.39 is 10.0 Å². The number of nitrogens with zero attached hydrogens (tertiary/aromatic N) is 1.